The molecule has 144 valence electrons. The molecule has 0 spiro atoms. The Kier molecular flexibility index (Phi) is 4.86. The Morgan fingerprint density at radius 3 is 2.67 bits per heavy atom. The highest BCUT2D eigenvalue weighted by Crippen LogP contribution is 2.32. The molecular weight excluding hydrogens is 344 g/mol. The summed E-state index contributed by atoms with van der Waals surface area (Å²) < 4.78 is 0. The zero-order valence-corrected chi connectivity index (χ0v) is 15.6. The molecule has 2 saturated heterocycles. The molecule has 4 rings (SSSR count). The molecule has 1 aromatic rings. The Bertz CT molecular complexity index is 751. The van der Waals surface area contributed by atoms with Crippen LogP contribution < -0.4 is 5.01 Å². The molecule has 27 heavy (non-hydrogen) atoms. The number of piperidine rings is 2. The predicted octanol–water partition coefficient (Wildman–Crippen LogP) is 1.65. The van der Waals surface area contributed by atoms with Crippen molar-refractivity contribution in [2.45, 2.75) is 37.8 Å². The van der Waals surface area contributed by atoms with Gasteiger partial charge in [0.1, 0.15) is 5.71 Å². The number of para-hydroxylation sites is 1. The van der Waals surface area contributed by atoms with E-state index in [1.54, 1.807) is 0 Å². The standard InChI is InChI=1S/C20H26N4O3/c1-22-11-9-17-14(13-22)6-5-10-23(17)19(25)16-12-18(20(26)27)24(21-16)15-7-3-2-4-8-15/h2-4,7-8,14,17-18H,5-6,9-13H2,1H3,(H,26,27). The first-order chi connectivity index (χ1) is 13.0. The summed E-state index contributed by atoms with van der Waals surface area (Å²) in [6.45, 7) is 2.76. The van der Waals surface area contributed by atoms with E-state index >= 15 is 0 Å². The van der Waals surface area contributed by atoms with E-state index in [-0.39, 0.29) is 18.4 Å². The fraction of sp³-hybridized carbons (Fsp3) is 0.550. The number of aliphatic carboxylic acids is 1. The van der Waals surface area contributed by atoms with Gasteiger partial charge in [0.2, 0.25) is 0 Å². The number of likely N-dealkylation sites (tertiary alicyclic amines) is 2. The molecule has 1 aromatic carbocycles. The average Bonchev–Trinajstić information content (AvgIpc) is 3.13. The molecule has 0 radical (unpaired) electrons. The van der Waals surface area contributed by atoms with Crippen LogP contribution in [0.25, 0.3) is 0 Å². The van der Waals surface area contributed by atoms with Gasteiger partial charge in [-0.05, 0) is 50.9 Å². The summed E-state index contributed by atoms with van der Waals surface area (Å²) in [6, 6.07) is 8.62. The van der Waals surface area contributed by atoms with E-state index in [1.165, 1.54) is 5.01 Å². The van der Waals surface area contributed by atoms with Gasteiger partial charge >= 0.3 is 5.97 Å². The molecule has 0 aliphatic carbocycles. The Balaban J connectivity index is 1.57. The molecule has 3 heterocycles. The first-order valence-electron chi connectivity index (χ1n) is 9.68. The quantitative estimate of drug-likeness (QED) is 0.876. The highest BCUT2D eigenvalue weighted by atomic mass is 16.4. The number of amides is 1. The summed E-state index contributed by atoms with van der Waals surface area (Å²) in [5, 5.41) is 15.6. The Labute approximate surface area is 159 Å². The normalized spacial score (nSPS) is 28.6. The molecule has 7 nitrogen and oxygen atoms in total. The molecule has 3 aliphatic rings. The molecule has 0 aromatic heterocycles. The van der Waals surface area contributed by atoms with Crippen LogP contribution in [0.15, 0.2) is 35.4 Å². The molecule has 1 N–H and O–H groups in total. The highest BCUT2D eigenvalue weighted by molar-refractivity contribution is 6.40. The number of carboxylic acids is 1. The molecule has 0 bridgehead atoms. The van der Waals surface area contributed by atoms with Crippen molar-refractivity contribution in [1.29, 1.82) is 0 Å². The van der Waals surface area contributed by atoms with Gasteiger partial charge in [0, 0.05) is 25.6 Å². The topological polar surface area (TPSA) is 76.5 Å². The molecule has 3 aliphatic heterocycles. The summed E-state index contributed by atoms with van der Waals surface area (Å²) in [5.74, 6) is -0.538. The van der Waals surface area contributed by atoms with Crippen LogP contribution in [0.3, 0.4) is 0 Å². The average molecular weight is 370 g/mol. The van der Waals surface area contributed by atoms with Crippen molar-refractivity contribution >= 4 is 23.3 Å². The monoisotopic (exact) mass is 370 g/mol. The van der Waals surface area contributed by atoms with Crippen LogP contribution >= 0.6 is 0 Å². The number of carbonyl (C=O) groups excluding carboxylic acids is 1. The number of hydrazone groups is 1. The van der Waals surface area contributed by atoms with Crippen molar-refractivity contribution in [1.82, 2.24) is 9.80 Å². The van der Waals surface area contributed by atoms with Gasteiger partial charge in [0.15, 0.2) is 6.04 Å². The summed E-state index contributed by atoms with van der Waals surface area (Å²) in [5.41, 5.74) is 1.06. The van der Waals surface area contributed by atoms with Crippen molar-refractivity contribution in [3.8, 4) is 0 Å². The fourth-order valence-electron chi connectivity index (χ4n) is 4.65. The SMILES string of the molecule is CN1CCC2C(CCCN2C(=O)C2=NN(c3ccccc3)C(C(=O)O)C2)C1. The fourth-order valence-corrected chi connectivity index (χ4v) is 4.65. The van der Waals surface area contributed by atoms with E-state index in [2.05, 4.69) is 17.0 Å². The lowest BCUT2D eigenvalue weighted by atomic mass is 9.83. The van der Waals surface area contributed by atoms with Crippen molar-refractivity contribution < 1.29 is 14.7 Å². The van der Waals surface area contributed by atoms with Gasteiger partial charge in [-0.25, -0.2) is 4.79 Å². The van der Waals surface area contributed by atoms with Crippen molar-refractivity contribution in [3.63, 3.8) is 0 Å². The third-order valence-electron chi connectivity index (χ3n) is 6.00. The Morgan fingerprint density at radius 1 is 1.15 bits per heavy atom. The number of hydrogen-bond donors (Lipinski definition) is 1. The van der Waals surface area contributed by atoms with E-state index in [0.29, 0.717) is 17.3 Å². The molecule has 3 unspecified atom stereocenters. The van der Waals surface area contributed by atoms with Crippen molar-refractivity contribution in [2.75, 3.05) is 31.7 Å². The van der Waals surface area contributed by atoms with E-state index in [0.717, 1.165) is 38.9 Å². The number of carbonyl (C=O) groups is 2. The third-order valence-corrected chi connectivity index (χ3v) is 6.00. The summed E-state index contributed by atoms with van der Waals surface area (Å²) >= 11 is 0. The molecular formula is C20H26N4O3. The van der Waals surface area contributed by atoms with E-state index in [9.17, 15) is 14.7 Å². The largest absolute Gasteiger partial charge is 0.480 e. The second-order valence-electron chi connectivity index (χ2n) is 7.80. The summed E-state index contributed by atoms with van der Waals surface area (Å²) in [6.07, 6.45) is 3.28. The molecule has 7 heteroatoms. The minimum atomic E-state index is -0.957. The maximum absolute atomic E-state index is 13.2. The second-order valence-corrected chi connectivity index (χ2v) is 7.80. The van der Waals surface area contributed by atoms with E-state index < -0.39 is 12.0 Å². The van der Waals surface area contributed by atoms with Gasteiger partial charge in [0.25, 0.3) is 5.91 Å². The van der Waals surface area contributed by atoms with Crippen LogP contribution in [0.5, 0.6) is 0 Å². The minimum Gasteiger partial charge on any atom is -0.480 e. The maximum atomic E-state index is 13.2. The predicted molar refractivity (Wildman–Crippen MR) is 103 cm³/mol. The summed E-state index contributed by atoms with van der Waals surface area (Å²) in [7, 11) is 2.13. The first-order valence-corrected chi connectivity index (χ1v) is 9.68. The van der Waals surface area contributed by atoms with Crippen molar-refractivity contribution in [2.24, 2.45) is 11.0 Å². The number of hydrogen-bond acceptors (Lipinski definition) is 5. The lowest BCUT2D eigenvalue weighted by Crippen LogP contribution is -2.56. The minimum absolute atomic E-state index is 0.0843. The molecule has 1 amide bonds. The molecule has 2 fully saturated rings. The van der Waals surface area contributed by atoms with Crippen LogP contribution in [0, 0.1) is 5.92 Å². The number of anilines is 1. The van der Waals surface area contributed by atoms with E-state index in [4.69, 9.17) is 0 Å². The van der Waals surface area contributed by atoms with Crippen LogP contribution in [0.2, 0.25) is 0 Å². The molecule has 0 saturated carbocycles. The zero-order valence-electron chi connectivity index (χ0n) is 15.6. The maximum Gasteiger partial charge on any atom is 0.328 e. The van der Waals surface area contributed by atoms with E-state index in [1.807, 2.05) is 35.2 Å². The van der Waals surface area contributed by atoms with Gasteiger partial charge < -0.3 is 14.9 Å². The van der Waals surface area contributed by atoms with Crippen molar-refractivity contribution in [3.05, 3.63) is 30.3 Å². The summed E-state index contributed by atoms with van der Waals surface area (Å²) in [4.78, 5) is 29.3. The van der Waals surface area contributed by atoms with Gasteiger partial charge in [-0.1, -0.05) is 18.2 Å². The number of nitrogens with zero attached hydrogens (tertiary/aromatic N) is 4. The van der Waals surface area contributed by atoms with Gasteiger partial charge in [-0.3, -0.25) is 9.80 Å². The lowest BCUT2D eigenvalue weighted by molar-refractivity contribution is -0.138. The zero-order chi connectivity index (χ0) is 19.0. The smallest absolute Gasteiger partial charge is 0.328 e. The Hall–Kier alpha value is -2.41. The lowest BCUT2D eigenvalue weighted by Gasteiger charge is -2.46. The van der Waals surface area contributed by atoms with Crippen LogP contribution in [-0.2, 0) is 9.59 Å². The number of fused-ring (bicyclic) bond motifs is 1. The Morgan fingerprint density at radius 2 is 1.93 bits per heavy atom. The van der Waals surface area contributed by atoms with Gasteiger partial charge in [-0.2, -0.15) is 5.10 Å². The van der Waals surface area contributed by atoms with Gasteiger partial charge in [0.05, 0.1) is 5.69 Å². The van der Waals surface area contributed by atoms with Crippen LogP contribution in [0.4, 0.5) is 5.69 Å². The number of carboxylic acid groups (broad SMARTS) is 1. The van der Waals surface area contributed by atoms with Crippen LogP contribution in [0.1, 0.15) is 25.7 Å². The van der Waals surface area contributed by atoms with Gasteiger partial charge in [-0.15, -0.1) is 0 Å². The molecule has 3 atom stereocenters. The third kappa shape index (κ3) is 3.43. The second kappa shape index (κ2) is 7.31. The number of benzene rings is 1. The number of rotatable bonds is 3. The van der Waals surface area contributed by atoms with Crippen LogP contribution in [-0.4, -0.2) is 71.3 Å². The highest BCUT2D eigenvalue weighted by Gasteiger charge is 2.42. The first kappa shape index (κ1) is 18.0.